The largest absolute Gasteiger partial charge is 0.144 e. The van der Waals surface area contributed by atoms with E-state index in [0.29, 0.717) is 0 Å². The highest BCUT2D eigenvalue weighted by molar-refractivity contribution is 8.01. The van der Waals surface area contributed by atoms with Crippen LogP contribution in [0.15, 0.2) is 115 Å². The SMILES string of the molecule is CCCc1ccccc1[P+](c1ccccc1)(c1ccccc1)c1ccccc1. The van der Waals surface area contributed by atoms with Crippen molar-refractivity contribution in [3.8, 4) is 0 Å². The molecule has 0 nitrogen and oxygen atoms in total. The third-order valence-electron chi connectivity index (χ3n) is 5.30. The highest BCUT2D eigenvalue weighted by atomic mass is 31.2. The Morgan fingerprint density at radius 1 is 0.500 bits per heavy atom. The molecule has 0 saturated heterocycles. The summed E-state index contributed by atoms with van der Waals surface area (Å²) in [5.74, 6) is 0. The molecule has 0 unspecified atom stereocenters. The summed E-state index contributed by atoms with van der Waals surface area (Å²) in [6.45, 7) is 2.27. The zero-order valence-electron chi connectivity index (χ0n) is 16.3. The van der Waals surface area contributed by atoms with Crippen LogP contribution in [-0.4, -0.2) is 0 Å². The average molecular weight is 381 g/mol. The average Bonchev–Trinajstić information content (AvgIpc) is 2.78. The summed E-state index contributed by atoms with van der Waals surface area (Å²) in [4.78, 5) is 0. The van der Waals surface area contributed by atoms with Crippen molar-refractivity contribution in [2.45, 2.75) is 19.8 Å². The molecule has 0 bridgehead atoms. The molecule has 1 heteroatoms. The summed E-state index contributed by atoms with van der Waals surface area (Å²) >= 11 is 0. The van der Waals surface area contributed by atoms with Crippen molar-refractivity contribution >= 4 is 28.5 Å². The molecule has 0 spiro atoms. The highest BCUT2D eigenvalue weighted by Gasteiger charge is 2.48. The molecule has 0 N–H and O–H groups in total. The van der Waals surface area contributed by atoms with Crippen molar-refractivity contribution in [3.63, 3.8) is 0 Å². The van der Waals surface area contributed by atoms with E-state index in [4.69, 9.17) is 0 Å². The first kappa shape index (κ1) is 18.7. The maximum atomic E-state index is 2.37. The number of aryl methyl sites for hydroxylation is 1. The summed E-state index contributed by atoms with van der Waals surface area (Å²) in [7, 11) is -1.97. The van der Waals surface area contributed by atoms with E-state index in [1.807, 2.05) is 0 Å². The van der Waals surface area contributed by atoms with Crippen LogP contribution in [0.3, 0.4) is 0 Å². The predicted molar refractivity (Wildman–Crippen MR) is 125 cm³/mol. The van der Waals surface area contributed by atoms with Gasteiger partial charge in [-0.05, 0) is 54.4 Å². The van der Waals surface area contributed by atoms with Gasteiger partial charge in [0.05, 0.1) is 0 Å². The zero-order valence-corrected chi connectivity index (χ0v) is 17.2. The van der Waals surface area contributed by atoms with Crippen LogP contribution in [0.4, 0.5) is 0 Å². The van der Waals surface area contributed by atoms with E-state index in [0.717, 1.165) is 12.8 Å². The monoisotopic (exact) mass is 381 g/mol. The molecule has 0 saturated carbocycles. The summed E-state index contributed by atoms with van der Waals surface area (Å²) < 4.78 is 0. The summed E-state index contributed by atoms with van der Waals surface area (Å²) in [5, 5.41) is 5.73. The van der Waals surface area contributed by atoms with Crippen LogP contribution in [0.1, 0.15) is 18.9 Å². The van der Waals surface area contributed by atoms with E-state index in [1.54, 1.807) is 0 Å². The van der Waals surface area contributed by atoms with E-state index in [1.165, 1.54) is 26.8 Å². The topological polar surface area (TPSA) is 0 Å². The molecule has 0 amide bonds. The second-order valence-electron chi connectivity index (χ2n) is 7.06. The third kappa shape index (κ3) is 3.30. The van der Waals surface area contributed by atoms with Crippen molar-refractivity contribution in [1.82, 2.24) is 0 Å². The van der Waals surface area contributed by atoms with Crippen LogP contribution in [0.5, 0.6) is 0 Å². The zero-order chi connectivity index (χ0) is 19.2. The summed E-state index contributed by atoms with van der Waals surface area (Å²) in [5.41, 5.74) is 1.47. The van der Waals surface area contributed by atoms with Gasteiger partial charge in [0, 0.05) is 0 Å². The van der Waals surface area contributed by atoms with Gasteiger partial charge in [0.1, 0.15) is 28.5 Å². The van der Waals surface area contributed by atoms with Gasteiger partial charge in [-0.1, -0.05) is 86.1 Å². The maximum Gasteiger partial charge on any atom is 0.144 e. The minimum Gasteiger partial charge on any atom is -0.0651 e. The third-order valence-corrected chi connectivity index (χ3v) is 9.68. The van der Waals surface area contributed by atoms with E-state index >= 15 is 0 Å². The van der Waals surface area contributed by atoms with Crippen LogP contribution in [0.2, 0.25) is 0 Å². The molecule has 0 aliphatic carbocycles. The Labute approximate surface area is 169 Å². The Kier molecular flexibility index (Phi) is 5.70. The molecule has 4 rings (SSSR count). The van der Waals surface area contributed by atoms with Gasteiger partial charge in [-0.2, -0.15) is 0 Å². The van der Waals surface area contributed by atoms with Crippen LogP contribution in [0, 0.1) is 0 Å². The number of benzene rings is 4. The fourth-order valence-corrected chi connectivity index (χ4v) is 8.65. The molecule has 0 heterocycles. The lowest BCUT2D eigenvalue weighted by Gasteiger charge is -2.29. The Bertz CT molecular complexity index is 911. The van der Waals surface area contributed by atoms with E-state index in [9.17, 15) is 0 Å². The molecule has 138 valence electrons. The van der Waals surface area contributed by atoms with E-state index in [2.05, 4.69) is 122 Å². The molecule has 0 aliphatic rings. The fourth-order valence-electron chi connectivity index (χ4n) is 4.14. The van der Waals surface area contributed by atoms with Crippen molar-refractivity contribution in [1.29, 1.82) is 0 Å². The molecular formula is C27H26P+. The van der Waals surface area contributed by atoms with Crippen LogP contribution in [-0.2, 0) is 6.42 Å². The van der Waals surface area contributed by atoms with Gasteiger partial charge in [-0.25, -0.2) is 0 Å². The summed E-state index contributed by atoms with van der Waals surface area (Å²) in [6.07, 6.45) is 2.25. The quantitative estimate of drug-likeness (QED) is 0.400. The number of hydrogen-bond donors (Lipinski definition) is 0. The van der Waals surface area contributed by atoms with Gasteiger partial charge in [0.25, 0.3) is 0 Å². The van der Waals surface area contributed by atoms with Crippen molar-refractivity contribution < 1.29 is 0 Å². The molecule has 28 heavy (non-hydrogen) atoms. The first-order chi connectivity index (χ1) is 13.9. The lowest BCUT2D eigenvalue weighted by molar-refractivity contribution is 0.927. The Morgan fingerprint density at radius 3 is 1.32 bits per heavy atom. The standard InChI is InChI=1S/C27H26P/c1-2-14-23-15-12-13-22-27(23)28(24-16-6-3-7-17-24,25-18-8-4-9-19-25)26-20-10-5-11-21-26/h3-13,15-22H,2,14H2,1H3/q+1. The molecule has 0 aromatic heterocycles. The predicted octanol–water partition coefficient (Wildman–Crippen LogP) is 5.26. The lowest BCUT2D eigenvalue weighted by atomic mass is 10.1. The van der Waals surface area contributed by atoms with Crippen LogP contribution in [0.25, 0.3) is 0 Å². The summed E-state index contributed by atoms with van der Waals surface area (Å²) in [6, 6.07) is 42.4. The van der Waals surface area contributed by atoms with Gasteiger partial charge in [0.2, 0.25) is 0 Å². The normalized spacial score (nSPS) is 11.3. The van der Waals surface area contributed by atoms with Gasteiger partial charge in [0.15, 0.2) is 0 Å². The Balaban J connectivity index is 2.14. The first-order valence-corrected chi connectivity index (χ1v) is 11.8. The molecule has 4 aromatic carbocycles. The molecule has 0 radical (unpaired) electrons. The second kappa shape index (κ2) is 8.55. The Hall–Kier alpha value is -2.69. The van der Waals surface area contributed by atoms with Crippen LogP contribution >= 0.6 is 7.26 Å². The van der Waals surface area contributed by atoms with E-state index in [-0.39, 0.29) is 0 Å². The minimum atomic E-state index is -1.97. The van der Waals surface area contributed by atoms with Crippen LogP contribution < -0.4 is 21.2 Å². The minimum absolute atomic E-state index is 1.10. The van der Waals surface area contributed by atoms with Crippen molar-refractivity contribution in [2.75, 3.05) is 0 Å². The van der Waals surface area contributed by atoms with Gasteiger partial charge >= 0.3 is 0 Å². The molecule has 0 fully saturated rings. The first-order valence-electron chi connectivity index (χ1n) is 10.0. The highest BCUT2D eigenvalue weighted by Crippen LogP contribution is 2.54. The smallest absolute Gasteiger partial charge is 0.0651 e. The fraction of sp³-hybridized carbons (Fsp3) is 0.111. The number of hydrogen-bond acceptors (Lipinski definition) is 0. The molecule has 4 aromatic rings. The second-order valence-corrected chi connectivity index (χ2v) is 10.4. The molecule has 0 atom stereocenters. The number of rotatable bonds is 6. The van der Waals surface area contributed by atoms with Gasteiger partial charge in [-0.3, -0.25) is 0 Å². The lowest BCUT2D eigenvalue weighted by Crippen LogP contribution is -2.40. The Morgan fingerprint density at radius 2 is 0.893 bits per heavy atom. The molecular weight excluding hydrogens is 355 g/mol. The van der Waals surface area contributed by atoms with Gasteiger partial charge in [-0.15, -0.1) is 0 Å². The maximum absolute atomic E-state index is 2.37. The molecule has 0 aliphatic heterocycles. The van der Waals surface area contributed by atoms with Crippen molar-refractivity contribution in [2.24, 2.45) is 0 Å². The van der Waals surface area contributed by atoms with E-state index < -0.39 is 7.26 Å². The van der Waals surface area contributed by atoms with Gasteiger partial charge < -0.3 is 0 Å². The van der Waals surface area contributed by atoms with Crippen molar-refractivity contribution in [3.05, 3.63) is 121 Å².